The molecule has 0 aromatic heterocycles. The molecule has 1 amide bonds. The Labute approximate surface area is 115 Å². The van der Waals surface area contributed by atoms with E-state index in [-0.39, 0.29) is 17.7 Å². The Bertz CT molecular complexity index is 656. The van der Waals surface area contributed by atoms with E-state index >= 15 is 0 Å². The van der Waals surface area contributed by atoms with Gasteiger partial charge < -0.3 is 11.1 Å². The zero-order chi connectivity index (χ0) is 14.7. The smallest absolute Gasteiger partial charge is 0.228 e. The first-order valence-electron chi connectivity index (χ1n) is 6.05. The molecule has 0 aliphatic rings. The van der Waals surface area contributed by atoms with Gasteiger partial charge in [0.1, 0.15) is 11.6 Å². The summed E-state index contributed by atoms with van der Waals surface area (Å²) in [7, 11) is 0. The molecule has 0 heterocycles. The largest absolute Gasteiger partial charge is 0.399 e. The maximum atomic E-state index is 13.6. The van der Waals surface area contributed by atoms with Crippen LogP contribution in [-0.2, 0) is 11.2 Å². The molecular weight excluding hydrogens is 262 g/mol. The van der Waals surface area contributed by atoms with Crippen LogP contribution in [0.15, 0.2) is 36.4 Å². The Morgan fingerprint density at radius 2 is 1.95 bits per heavy atom. The van der Waals surface area contributed by atoms with Crippen molar-refractivity contribution in [2.75, 3.05) is 11.1 Å². The molecule has 0 saturated carbocycles. The van der Waals surface area contributed by atoms with Crippen molar-refractivity contribution in [3.8, 4) is 0 Å². The van der Waals surface area contributed by atoms with Crippen molar-refractivity contribution in [3.63, 3.8) is 0 Å². The lowest BCUT2D eigenvalue weighted by Gasteiger charge is -2.08. The highest BCUT2D eigenvalue weighted by molar-refractivity contribution is 5.92. The number of hydrogen-bond donors (Lipinski definition) is 2. The minimum absolute atomic E-state index is 0.0416. The van der Waals surface area contributed by atoms with Crippen LogP contribution in [0.25, 0.3) is 0 Å². The van der Waals surface area contributed by atoms with Gasteiger partial charge in [-0.25, -0.2) is 8.78 Å². The molecule has 0 bridgehead atoms. The van der Waals surface area contributed by atoms with E-state index in [0.29, 0.717) is 11.3 Å². The predicted octanol–water partition coefficient (Wildman–Crippen LogP) is 3.04. The standard InChI is InChI=1S/C15H14F2N2O/c1-9-5-13(17)14(8-12(9)16)19-15(20)7-10-3-2-4-11(18)6-10/h2-6,8H,7,18H2,1H3,(H,19,20). The molecule has 20 heavy (non-hydrogen) atoms. The van der Waals surface area contributed by atoms with Crippen LogP contribution in [0.5, 0.6) is 0 Å². The molecule has 0 saturated heterocycles. The average Bonchev–Trinajstić information content (AvgIpc) is 2.36. The number of carbonyl (C=O) groups is 1. The minimum atomic E-state index is -0.662. The van der Waals surface area contributed by atoms with Gasteiger partial charge in [0.05, 0.1) is 12.1 Å². The zero-order valence-corrected chi connectivity index (χ0v) is 10.9. The van der Waals surface area contributed by atoms with Gasteiger partial charge in [-0.3, -0.25) is 4.79 Å². The Balaban J connectivity index is 2.10. The summed E-state index contributed by atoms with van der Waals surface area (Å²) in [6.07, 6.45) is 0.0416. The van der Waals surface area contributed by atoms with Crippen LogP contribution in [0.4, 0.5) is 20.2 Å². The van der Waals surface area contributed by atoms with Gasteiger partial charge in [-0.15, -0.1) is 0 Å². The molecule has 0 aliphatic heterocycles. The van der Waals surface area contributed by atoms with Gasteiger partial charge in [0.25, 0.3) is 0 Å². The second-order valence-electron chi connectivity index (χ2n) is 4.55. The molecule has 5 heteroatoms. The molecular formula is C15H14F2N2O. The van der Waals surface area contributed by atoms with E-state index < -0.39 is 17.5 Å². The van der Waals surface area contributed by atoms with Crippen molar-refractivity contribution >= 4 is 17.3 Å². The van der Waals surface area contributed by atoms with E-state index in [2.05, 4.69) is 5.32 Å². The lowest BCUT2D eigenvalue weighted by Crippen LogP contribution is -2.15. The fraction of sp³-hybridized carbons (Fsp3) is 0.133. The van der Waals surface area contributed by atoms with Crippen LogP contribution >= 0.6 is 0 Å². The molecule has 0 unspecified atom stereocenters. The quantitative estimate of drug-likeness (QED) is 0.847. The third-order valence-electron chi connectivity index (χ3n) is 2.84. The summed E-state index contributed by atoms with van der Waals surface area (Å²) >= 11 is 0. The number of benzene rings is 2. The number of anilines is 2. The van der Waals surface area contributed by atoms with Crippen LogP contribution in [0.2, 0.25) is 0 Å². The summed E-state index contributed by atoms with van der Waals surface area (Å²) in [6, 6.07) is 8.85. The Morgan fingerprint density at radius 1 is 1.20 bits per heavy atom. The predicted molar refractivity (Wildman–Crippen MR) is 74.3 cm³/mol. The number of hydrogen-bond acceptors (Lipinski definition) is 2. The lowest BCUT2D eigenvalue weighted by molar-refractivity contribution is -0.115. The number of rotatable bonds is 3. The minimum Gasteiger partial charge on any atom is -0.399 e. The van der Waals surface area contributed by atoms with E-state index in [1.54, 1.807) is 24.3 Å². The normalized spacial score (nSPS) is 10.3. The van der Waals surface area contributed by atoms with E-state index in [0.717, 1.165) is 12.1 Å². The van der Waals surface area contributed by atoms with Gasteiger partial charge in [-0.05, 0) is 36.2 Å². The maximum absolute atomic E-state index is 13.6. The first-order chi connectivity index (χ1) is 9.45. The van der Waals surface area contributed by atoms with Crippen LogP contribution in [0, 0.1) is 18.6 Å². The third kappa shape index (κ3) is 3.32. The van der Waals surface area contributed by atoms with E-state index in [1.807, 2.05) is 0 Å². The summed E-state index contributed by atoms with van der Waals surface area (Å²) in [5.74, 6) is -1.66. The first-order valence-corrected chi connectivity index (χ1v) is 6.05. The van der Waals surface area contributed by atoms with Crippen molar-refractivity contribution in [1.29, 1.82) is 0 Å². The molecule has 2 rings (SSSR count). The molecule has 0 fully saturated rings. The molecule has 104 valence electrons. The van der Waals surface area contributed by atoms with E-state index in [1.165, 1.54) is 6.92 Å². The number of nitrogens with two attached hydrogens (primary N) is 1. The summed E-state index contributed by atoms with van der Waals surface area (Å²) in [6.45, 7) is 1.46. The first kappa shape index (κ1) is 14.0. The molecule has 0 aliphatic carbocycles. The second-order valence-corrected chi connectivity index (χ2v) is 4.55. The zero-order valence-electron chi connectivity index (χ0n) is 10.9. The summed E-state index contributed by atoms with van der Waals surface area (Å²) in [4.78, 5) is 11.8. The highest BCUT2D eigenvalue weighted by atomic mass is 19.1. The molecule has 2 aromatic rings. The summed E-state index contributed by atoms with van der Waals surface area (Å²) < 4.78 is 26.9. The monoisotopic (exact) mass is 276 g/mol. The van der Waals surface area contributed by atoms with Gasteiger partial charge in [-0.1, -0.05) is 12.1 Å². The van der Waals surface area contributed by atoms with Gasteiger partial charge >= 0.3 is 0 Å². The van der Waals surface area contributed by atoms with Crippen molar-refractivity contribution in [3.05, 3.63) is 59.2 Å². The number of carbonyl (C=O) groups excluding carboxylic acids is 1. The van der Waals surface area contributed by atoms with Crippen LogP contribution in [0.1, 0.15) is 11.1 Å². The Morgan fingerprint density at radius 3 is 2.65 bits per heavy atom. The van der Waals surface area contributed by atoms with Crippen molar-refractivity contribution < 1.29 is 13.6 Å². The van der Waals surface area contributed by atoms with Crippen LogP contribution in [0.3, 0.4) is 0 Å². The van der Waals surface area contributed by atoms with E-state index in [9.17, 15) is 13.6 Å². The second kappa shape index (κ2) is 5.69. The SMILES string of the molecule is Cc1cc(F)c(NC(=O)Cc2cccc(N)c2)cc1F. The maximum Gasteiger partial charge on any atom is 0.228 e. The molecule has 3 N–H and O–H groups in total. The van der Waals surface area contributed by atoms with E-state index in [4.69, 9.17) is 5.73 Å². The van der Waals surface area contributed by atoms with Gasteiger partial charge in [0.15, 0.2) is 0 Å². The topological polar surface area (TPSA) is 55.1 Å². The van der Waals surface area contributed by atoms with Crippen LogP contribution < -0.4 is 11.1 Å². The molecule has 3 nitrogen and oxygen atoms in total. The number of aryl methyl sites for hydroxylation is 1. The highest BCUT2D eigenvalue weighted by Crippen LogP contribution is 2.19. The fourth-order valence-corrected chi connectivity index (χ4v) is 1.82. The van der Waals surface area contributed by atoms with Gasteiger partial charge in [-0.2, -0.15) is 0 Å². The molecule has 0 radical (unpaired) electrons. The molecule has 0 spiro atoms. The molecule has 2 aromatic carbocycles. The van der Waals surface area contributed by atoms with Crippen molar-refractivity contribution in [2.45, 2.75) is 13.3 Å². The van der Waals surface area contributed by atoms with Gasteiger partial charge in [0, 0.05) is 11.8 Å². The Hall–Kier alpha value is -2.43. The lowest BCUT2D eigenvalue weighted by atomic mass is 10.1. The highest BCUT2D eigenvalue weighted by Gasteiger charge is 2.11. The number of nitrogen functional groups attached to an aromatic ring is 1. The number of halogens is 2. The molecule has 0 atom stereocenters. The van der Waals surface area contributed by atoms with Crippen molar-refractivity contribution in [2.24, 2.45) is 0 Å². The van der Waals surface area contributed by atoms with Crippen LogP contribution in [-0.4, -0.2) is 5.91 Å². The third-order valence-corrected chi connectivity index (χ3v) is 2.84. The number of amides is 1. The summed E-state index contributed by atoms with van der Waals surface area (Å²) in [5.41, 5.74) is 6.88. The fourth-order valence-electron chi connectivity index (χ4n) is 1.82. The average molecular weight is 276 g/mol. The van der Waals surface area contributed by atoms with Crippen molar-refractivity contribution in [1.82, 2.24) is 0 Å². The summed E-state index contributed by atoms with van der Waals surface area (Å²) in [5, 5.41) is 2.35. The number of nitrogens with one attached hydrogen (secondary N) is 1. The Kier molecular flexibility index (Phi) is 3.98. The van der Waals surface area contributed by atoms with Gasteiger partial charge in [0.2, 0.25) is 5.91 Å².